The minimum atomic E-state index is 0. The predicted molar refractivity (Wildman–Crippen MR) is 174 cm³/mol. The Morgan fingerprint density at radius 2 is 0.769 bits per heavy atom. The zero-order chi connectivity index (χ0) is 27.8. The van der Waals surface area contributed by atoms with E-state index in [2.05, 4.69) is 60.4 Å². The Labute approximate surface area is 258 Å². The third-order valence-electron chi connectivity index (χ3n) is 4.49. The van der Waals surface area contributed by atoms with E-state index in [1.54, 1.807) is 0 Å². The van der Waals surface area contributed by atoms with Gasteiger partial charge in [0.25, 0.3) is 0 Å². The average molecular weight is 649 g/mol. The molecule has 4 nitrogen and oxygen atoms in total. The molecular formula is C32H26N4S2Sn-4. The van der Waals surface area contributed by atoms with Gasteiger partial charge in [0, 0.05) is 0 Å². The molecule has 39 heavy (non-hydrogen) atoms. The molecule has 0 aliphatic rings. The summed E-state index contributed by atoms with van der Waals surface area (Å²) in [4.78, 5) is 8.24. The van der Waals surface area contributed by atoms with Crippen LogP contribution in [0.5, 0.6) is 0 Å². The fourth-order valence-electron chi connectivity index (χ4n) is 2.84. The van der Waals surface area contributed by atoms with Crippen LogP contribution in [0.3, 0.4) is 0 Å². The molecule has 0 aliphatic heterocycles. The molecule has 7 heteroatoms. The Morgan fingerprint density at radius 3 is 1.03 bits per heavy atom. The molecule has 0 atom stereocenters. The number of isothiocyanates is 2. The maximum atomic E-state index is 7.13. The second kappa shape index (κ2) is 23.2. The first-order valence-corrected chi connectivity index (χ1v) is 12.1. The third kappa shape index (κ3) is 16.5. The number of para-hydroxylation sites is 2. The number of fused-ring (bicyclic) bond motifs is 2. The van der Waals surface area contributed by atoms with Gasteiger partial charge in [-0.3, -0.25) is 0 Å². The minimum Gasteiger partial charge on any atom is -0.753 e. The van der Waals surface area contributed by atoms with E-state index in [0.29, 0.717) is 0 Å². The Hall–Kier alpha value is -3.90. The molecule has 6 aromatic rings. The second-order valence-electron chi connectivity index (χ2n) is 7.16. The summed E-state index contributed by atoms with van der Waals surface area (Å²) in [7, 11) is 0. The van der Waals surface area contributed by atoms with Crippen LogP contribution in [-0.4, -0.2) is 34.2 Å². The standard InChI is InChI=1S/2C8H6N.2C7H7.2CNS.Sn/c2*1-2-4-8-7(3-1)5-6-9-8;2*1-7-5-3-2-4-6-7;2*2-1-3;/h2*1-6H;2*2-6H,1H2;;;/q6*-1;+2. The van der Waals surface area contributed by atoms with Crippen molar-refractivity contribution in [2.45, 2.75) is 0 Å². The van der Waals surface area contributed by atoms with E-state index in [4.69, 9.17) is 10.8 Å². The normalized spacial score (nSPS) is 8.21. The van der Waals surface area contributed by atoms with Crippen LogP contribution in [0, 0.1) is 13.8 Å². The molecule has 194 valence electrons. The van der Waals surface area contributed by atoms with Gasteiger partial charge in [-0.15, -0.1) is 35.3 Å². The van der Waals surface area contributed by atoms with E-state index in [-0.39, 0.29) is 23.9 Å². The van der Waals surface area contributed by atoms with Crippen LogP contribution in [0.4, 0.5) is 0 Å². The largest absolute Gasteiger partial charge is 2.00 e. The quantitative estimate of drug-likeness (QED) is 0.0719. The van der Waals surface area contributed by atoms with Gasteiger partial charge in [0.1, 0.15) is 0 Å². The van der Waals surface area contributed by atoms with Gasteiger partial charge in [0.2, 0.25) is 0 Å². The molecule has 0 bridgehead atoms. The summed E-state index contributed by atoms with van der Waals surface area (Å²) < 4.78 is 0. The molecule has 0 fully saturated rings. The van der Waals surface area contributed by atoms with Crippen molar-refractivity contribution >= 4 is 80.5 Å². The first-order valence-electron chi connectivity index (χ1n) is 11.2. The molecule has 6 rings (SSSR count). The van der Waals surface area contributed by atoms with Gasteiger partial charge in [0.05, 0.1) is 0 Å². The van der Waals surface area contributed by atoms with Crippen molar-refractivity contribution in [2.24, 2.45) is 0 Å². The van der Waals surface area contributed by atoms with Gasteiger partial charge >= 0.3 is 23.9 Å². The summed E-state index contributed by atoms with van der Waals surface area (Å²) in [6, 6.07) is 39.9. The molecule has 2 aromatic heterocycles. The van der Waals surface area contributed by atoms with E-state index in [1.165, 1.54) is 21.1 Å². The van der Waals surface area contributed by atoms with Gasteiger partial charge in [0.15, 0.2) is 0 Å². The summed E-state index contributed by atoms with van der Waals surface area (Å²) in [5, 5.41) is 19.4. The van der Waals surface area contributed by atoms with Crippen LogP contribution in [0.1, 0.15) is 11.1 Å². The topological polar surface area (TPSA) is 72.8 Å². The molecule has 0 unspecified atom stereocenters. The summed E-state index contributed by atoms with van der Waals surface area (Å²) in [6.45, 7) is 7.44. The van der Waals surface area contributed by atoms with E-state index in [9.17, 15) is 0 Å². The zero-order valence-corrected chi connectivity index (χ0v) is 25.7. The molecular weight excluding hydrogens is 623 g/mol. The molecule has 4 aromatic carbocycles. The Balaban J connectivity index is 0.000000462. The van der Waals surface area contributed by atoms with Crippen molar-refractivity contribution in [3.63, 3.8) is 0 Å². The smallest absolute Gasteiger partial charge is 0.753 e. The van der Waals surface area contributed by atoms with Crippen LogP contribution in [0.15, 0.2) is 134 Å². The van der Waals surface area contributed by atoms with Crippen molar-refractivity contribution in [3.05, 3.63) is 170 Å². The second-order valence-corrected chi connectivity index (χ2v) is 7.53. The summed E-state index contributed by atoms with van der Waals surface area (Å²) in [6.07, 6.45) is 3.65. The fourth-order valence-corrected chi connectivity index (χ4v) is 2.84. The number of aromatic nitrogens is 2. The Morgan fingerprint density at radius 1 is 0.487 bits per heavy atom. The van der Waals surface area contributed by atoms with Gasteiger partial charge < -0.3 is 20.8 Å². The number of thiocarbonyl (C=S) groups is 2. The molecule has 0 saturated heterocycles. The van der Waals surface area contributed by atoms with E-state index in [0.717, 1.165) is 22.2 Å². The van der Waals surface area contributed by atoms with Crippen molar-refractivity contribution in [1.29, 1.82) is 0 Å². The molecule has 0 aliphatic carbocycles. The van der Waals surface area contributed by atoms with Gasteiger partial charge in [-0.1, -0.05) is 97.2 Å². The first-order chi connectivity index (χ1) is 18.5. The minimum absolute atomic E-state index is 0. The molecule has 0 N–H and O–H groups in total. The third-order valence-corrected chi connectivity index (χ3v) is 4.49. The number of nitrogens with zero attached hydrogens (tertiary/aromatic N) is 4. The van der Waals surface area contributed by atoms with E-state index in [1.807, 2.05) is 122 Å². The maximum Gasteiger partial charge on any atom is 2.00 e. The fraction of sp³-hybridized carbons (Fsp3) is 0. The van der Waals surface area contributed by atoms with Gasteiger partial charge in [-0.2, -0.15) is 72.0 Å². The van der Waals surface area contributed by atoms with Crippen LogP contribution < -0.4 is 9.97 Å². The zero-order valence-electron chi connectivity index (χ0n) is 21.2. The first kappa shape index (κ1) is 35.1. The predicted octanol–water partition coefficient (Wildman–Crippen LogP) is 8.27. The monoisotopic (exact) mass is 650 g/mol. The Kier molecular flexibility index (Phi) is 20.9. The number of rotatable bonds is 0. The molecule has 0 amide bonds. The van der Waals surface area contributed by atoms with E-state index >= 15 is 0 Å². The van der Waals surface area contributed by atoms with Crippen LogP contribution >= 0.6 is 24.4 Å². The van der Waals surface area contributed by atoms with Gasteiger partial charge in [-0.25, -0.2) is 0 Å². The maximum absolute atomic E-state index is 7.13. The van der Waals surface area contributed by atoms with Crippen molar-refractivity contribution in [1.82, 2.24) is 9.97 Å². The summed E-state index contributed by atoms with van der Waals surface area (Å²) in [5.74, 6) is 0. The van der Waals surface area contributed by atoms with Crippen LogP contribution in [-0.2, 0) is 0 Å². The molecule has 2 heterocycles. The van der Waals surface area contributed by atoms with Gasteiger partial charge in [-0.05, 0) is 10.8 Å². The SMILES string of the molecule is [CH2-]c1ccccc1.[CH2-]c1ccccc1.[N-]=C=S.[N-]=C=S.[Sn+2].c1ccc2[n-]ccc2c1.c1ccc2[n-]ccc2c1. The van der Waals surface area contributed by atoms with Crippen molar-refractivity contribution in [2.75, 3.05) is 0 Å². The molecule has 2 radical (unpaired) electrons. The van der Waals surface area contributed by atoms with Crippen LogP contribution in [0.2, 0.25) is 0 Å². The Bertz CT molecular complexity index is 1310. The van der Waals surface area contributed by atoms with Crippen LogP contribution in [0.25, 0.3) is 32.6 Å². The molecule has 0 saturated carbocycles. The van der Waals surface area contributed by atoms with Crippen molar-refractivity contribution < 1.29 is 0 Å². The summed E-state index contributed by atoms with van der Waals surface area (Å²) in [5.41, 5.74) is 4.31. The number of hydrogen-bond acceptors (Lipinski definition) is 2. The number of benzene rings is 4. The van der Waals surface area contributed by atoms with E-state index < -0.39 is 0 Å². The number of hydrogen-bond donors (Lipinski definition) is 0. The average Bonchev–Trinajstić information content (AvgIpc) is 3.61. The molecule has 0 spiro atoms. The summed E-state index contributed by atoms with van der Waals surface area (Å²) >= 11 is 7.40. The van der Waals surface area contributed by atoms with Crippen molar-refractivity contribution in [3.8, 4) is 0 Å².